The van der Waals surface area contributed by atoms with Gasteiger partial charge in [0.1, 0.15) is 0 Å². The maximum absolute atomic E-state index is 8.31. The van der Waals surface area contributed by atoms with Crippen molar-refractivity contribution in [3.05, 3.63) is 35.4 Å². The highest BCUT2D eigenvalue weighted by Crippen LogP contribution is 2.06. The monoisotopic (exact) mass is 170 g/mol. The Hall–Kier alpha value is -1.77. The van der Waals surface area contributed by atoms with Crippen LogP contribution in [0.15, 0.2) is 24.3 Å². The molecule has 2 heteroatoms. The Balaban J connectivity index is 2.99. The van der Waals surface area contributed by atoms with Gasteiger partial charge in [-0.1, -0.05) is 24.1 Å². The van der Waals surface area contributed by atoms with Crippen molar-refractivity contribution in [1.82, 2.24) is 5.32 Å². The molecule has 0 bridgehead atoms. The molecule has 1 rings (SSSR count). The Morgan fingerprint density at radius 1 is 1.38 bits per heavy atom. The topological polar surface area (TPSA) is 35.8 Å². The van der Waals surface area contributed by atoms with Gasteiger partial charge in [0.15, 0.2) is 6.07 Å². The van der Waals surface area contributed by atoms with Gasteiger partial charge >= 0.3 is 0 Å². The van der Waals surface area contributed by atoms with Crippen LogP contribution in [0.4, 0.5) is 0 Å². The Bertz CT molecular complexity index is 377. The molecule has 0 aliphatic rings. The van der Waals surface area contributed by atoms with Crippen LogP contribution in [0.5, 0.6) is 0 Å². The minimum Gasteiger partial charge on any atom is -0.316 e. The average Bonchev–Trinajstić information content (AvgIpc) is 2.17. The summed E-state index contributed by atoms with van der Waals surface area (Å²) in [7, 11) is 1.88. The molecule has 0 unspecified atom stereocenters. The fraction of sp³-hybridized carbons (Fsp3) is 0.182. The summed E-state index contributed by atoms with van der Waals surface area (Å²) >= 11 is 0. The van der Waals surface area contributed by atoms with E-state index in [-0.39, 0.29) is 0 Å². The number of nitrogens with one attached hydrogen (secondary N) is 1. The fourth-order valence-electron chi connectivity index (χ4n) is 1.08. The highest BCUT2D eigenvalue weighted by Gasteiger charge is 1.95. The summed E-state index contributed by atoms with van der Waals surface area (Å²) in [5, 5.41) is 11.4. The SMILES string of the molecule is CNCc1ccccc1C#CC#N. The van der Waals surface area contributed by atoms with E-state index in [0.29, 0.717) is 0 Å². The first-order valence-electron chi connectivity index (χ1n) is 4.01. The first kappa shape index (κ1) is 9.32. The van der Waals surface area contributed by atoms with Gasteiger partial charge in [-0.2, -0.15) is 5.26 Å². The maximum Gasteiger partial charge on any atom is 0.152 e. The average molecular weight is 170 g/mol. The van der Waals surface area contributed by atoms with Crippen molar-refractivity contribution in [2.75, 3.05) is 7.05 Å². The first-order valence-corrected chi connectivity index (χ1v) is 4.01. The smallest absolute Gasteiger partial charge is 0.152 e. The standard InChI is InChI=1S/C11H10N2/c1-13-9-11-6-3-2-5-10(11)7-4-8-12/h2-3,5-6,13H,9H2,1H3. The lowest BCUT2D eigenvalue weighted by Gasteiger charge is -2.01. The number of benzene rings is 1. The van der Waals surface area contributed by atoms with Crippen molar-refractivity contribution < 1.29 is 0 Å². The van der Waals surface area contributed by atoms with Crippen molar-refractivity contribution in [2.45, 2.75) is 6.54 Å². The van der Waals surface area contributed by atoms with Crippen molar-refractivity contribution in [1.29, 1.82) is 5.26 Å². The van der Waals surface area contributed by atoms with Gasteiger partial charge in [0.2, 0.25) is 0 Å². The third-order valence-corrected chi connectivity index (χ3v) is 1.64. The van der Waals surface area contributed by atoms with E-state index in [9.17, 15) is 0 Å². The van der Waals surface area contributed by atoms with Gasteiger partial charge in [-0.3, -0.25) is 0 Å². The quantitative estimate of drug-likeness (QED) is 0.679. The summed E-state index contributed by atoms with van der Waals surface area (Å²) in [5.41, 5.74) is 2.03. The number of rotatable bonds is 2. The summed E-state index contributed by atoms with van der Waals surface area (Å²) in [6, 6.07) is 9.60. The first-order chi connectivity index (χ1) is 6.38. The van der Waals surface area contributed by atoms with Gasteiger partial charge in [0, 0.05) is 18.0 Å². The fourth-order valence-corrected chi connectivity index (χ4v) is 1.08. The summed E-state index contributed by atoms with van der Waals surface area (Å²) in [6.45, 7) is 0.774. The van der Waals surface area contributed by atoms with E-state index in [1.165, 1.54) is 0 Å². The number of nitriles is 1. The summed E-state index contributed by atoms with van der Waals surface area (Å²) in [4.78, 5) is 0. The van der Waals surface area contributed by atoms with Crippen LogP contribution in [0.1, 0.15) is 11.1 Å². The van der Waals surface area contributed by atoms with Crippen molar-refractivity contribution in [3.63, 3.8) is 0 Å². The molecule has 0 radical (unpaired) electrons. The van der Waals surface area contributed by atoms with Crippen molar-refractivity contribution in [2.24, 2.45) is 0 Å². The van der Waals surface area contributed by atoms with E-state index in [1.54, 1.807) is 6.07 Å². The van der Waals surface area contributed by atoms with Gasteiger partial charge in [0.25, 0.3) is 0 Å². The predicted molar refractivity (Wildman–Crippen MR) is 51.7 cm³/mol. The number of hydrogen-bond acceptors (Lipinski definition) is 2. The van der Waals surface area contributed by atoms with E-state index in [2.05, 4.69) is 17.2 Å². The van der Waals surface area contributed by atoms with Gasteiger partial charge in [0.05, 0.1) is 0 Å². The zero-order valence-corrected chi connectivity index (χ0v) is 7.46. The lowest BCUT2D eigenvalue weighted by atomic mass is 10.1. The molecule has 1 aromatic carbocycles. The molecule has 0 saturated heterocycles. The van der Waals surface area contributed by atoms with E-state index < -0.39 is 0 Å². The molecule has 0 aliphatic carbocycles. The largest absolute Gasteiger partial charge is 0.316 e. The molecule has 0 saturated carbocycles. The van der Waals surface area contributed by atoms with Crippen molar-refractivity contribution >= 4 is 0 Å². The molecule has 0 spiro atoms. The van der Waals surface area contributed by atoms with Crippen LogP contribution in [-0.4, -0.2) is 7.05 Å². The predicted octanol–water partition coefficient (Wildman–Crippen LogP) is 1.28. The molecule has 2 nitrogen and oxygen atoms in total. The second-order valence-electron chi connectivity index (χ2n) is 2.55. The molecule has 0 aromatic heterocycles. The van der Waals surface area contributed by atoms with E-state index in [0.717, 1.165) is 17.7 Å². The summed E-state index contributed by atoms with van der Waals surface area (Å²) < 4.78 is 0. The van der Waals surface area contributed by atoms with E-state index >= 15 is 0 Å². The second-order valence-corrected chi connectivity index (χ2v) is 2.55. The van der Waals surface area contributed by atoms with Crippen LogP contribution in [0, 0.1) is 23.2 Å². The molecule has 1 aromatic rings. The number of hydrogen-bond donors (Lipinski definition) is 1. The van der Waals surface area contributed by atoms with E-state index in [1.807, 2.05) is 31.3 Å². The molecule has 13 heavy (non-hydrogen) atoms. The van der Waals surface area contributed by atoms with Gasteiger partial charge in [-0.25, -0.2) is 0 Å². The summed E-state index contributed by atoms with van der Waals surface area (Å²) in [6.07, 6.45) is 0. The molecule has 0 atom stereocenters. The lowest BCUT2D eigenvalue weighted by Crippen LogP contribution is -2.06. The van der Waals surface area contributed by atoms with Crippen molar-refractivity contribution in [3.8, 4) is 17.9 Å². The van der Waals surface area contributed by atoms with Crippen LogP contribution in [0.25, 0.3) is 0 Å². The second kappa shape index (κ2) is 4.98. The zero-order valence-electron chi connectivity index (χ0n) is 7.46. The normalized spacial score (nSPS) is 8.31. The maximum atomic E-state index is 8.31. The van der Waals surface area contributed by atoms with Gasteiger partial charge in [-0.05, 0) is 18.7 Å². The number of nitrogens with zero attached hydrogens (tertiary/aromatic N) is 1. The Morgan fingerprint density at radius 3 is 2.85 bits per heavy atom. The third-order valence-electron chi connectivity index (χ3n) is 1.64. The van der Waals surface area contributed by atoms with Crippen LogP contribution in [0.3, 0.4) is 0 Å². The highest BCUT2D eigenvalue weighted by atomic mass is 14.8. The van der Waals surface area contributed by atoms with Crippen LogP contribution < -0.4 is 5.32 Å². The molecular weight excluding hydrogens is 160 g/mol. The Morgan fingerprint density at radius 2 is 2.15 bits per heavy atom. The molecular formula is C11H10N2. The molecule has 0 aliphatic heterocycles. The van der Waals surface area contributed by atoms with Gasteiger partial charge in [-0.15, -0.1) is 0 Å². The molecule has 0 fully saturated rings. The van der Waals surface area contributed by atoms with Crippen LogP contribution >= 0.6 is 0 Å². The Labute approximate surface area is 78.2 Å². The minimum atomic E-state index is 0.774. The minimum absolute atomic E-state index is 0.774. The Kier molecular flexibility index (Phi) is 3.57. The zero-order chi connectivity index (χ0) is 9.52. The third kappa shape index (κ3) is 2.63. The van der Waals surface area contributed by atoms with E-state index in [4.69, 9.17) is 5.26 Å². The molecule has 1 N–H and O–H groups in total. The van der Waals surface area contributed by atoms with Crippen LogP contribution in [0.2, 0.25) is 0 Å². The summed E-state index contributed by atoms with van der Waals surface area (Å²) in [5.74, 6) is 5.19. The molecule has 64 valence electrons. The molecule has 0 amide bonds. The van der Waals surface area contributed by atoms with Crippen LogP contribution in [-0.2, 0) is 6.54 Å². The molecule has 0 heterocycles. The lowest BCUT2D eigenvalue weighted by molar-refractivity contribution is 0.816. The highest BCUT2D eigenvalue weighted by molar-refractivity contribution is 5.43. The van der Waals surface area contributed by atoms with Gasteiger partial charge < -0.3 is 5.32 Å².